The summed E-state index contributed by atoms with van der Waals surface area (Å²) < 4.78 is 1.97. The first-order valence-electron chi connectivity index (χ1n) is 9.83. The minimum atomic E-state index is 0.359. The third-order valence-electron chi connectivity index (χ3n) is 4.85. The molecule has 0 amide bonds. The van der Waals surface area contributed by atoms with Gasteiger partial charge in [0.05, 0.1) is 13.1 Å². The maximum Gasteiger partial charge on any atom is 0.180 e. The van der Waals surface area contributed by atoms with Crippen molar-refractivity contribution < 1.29 is 0 Å². The van der Waals surface area contributed by atoms with Crippen LogP contribution in [0.5, 0.6) is 0 Å². The summed E-state index contributed by atoms with van der Waals surface area (Å²) in [5.41, 5.74) is 10.1. The van der Waals surface area contributed by atoms with Crippen LogP contribution in [0.3, 0.4) is 0 Å². The Morgan fingerprint density at radius 3 is 2.52 bits per heavy atom. The minimum Gasteiger partial charge on any atom is -0.324 e. The molecule has 29 heavy (non-hydrogen) atoms. The highest BCUT2D eigenvalue weighted by Gasteiger charge is 2.12. The Morgan fingerprint density at radius 1 is 1.03 bits per heavy atom. The number of aryl methyl sites for hydroxylation is 1. The highest BCUT2D eigenvalue weighted by atomic mass is 15.5. The smallest absolute Gasteiger partial charge is 0.180 e. The number of nitrogens with two attached hydrogens (primary N) is 1. The lowest BCUT2D eigenvalue weighted by molar-refractivity contribution is 0.614. The van der Waals surface area contributed by atoms with Crippen molar-refractivity contribution >= 4 is 0 Å². The molecule has 4 rings (SSSR count). The van der Waals surface area contributed by atoms with E-state index in [1.54, 1.807) is 0 Å². The SMILES string of the molecule is CCCCc1nc(CN)nn1Cc1ccc(-c2ccccc2-c2nnn[nH]2)cc1. The largest absolute Gasteiger partial charge is 0.324 e. The third kappa shape index (κ3) is 4.22. The number of aromatic nitrogens is 7. The third-order valence-corrected chi connectivity index (χ3v) is 4.85. The summed E-state index contributed by atoms with van der Waals surface area (Å²) in [4.78, 5) is 4.57. The van der Waals surface area contributed by atoms with Crippen molar-refractivity contribution in [1.29, 1.82) is 0 Å². The Morgan fingerprint density at radius 2 is 1.83 bits per heavy atom. The van der Waals surface area contributed by atoms with Gasteiger partial charge in [0.2, 0.25) is 0 Å². The first-order valence-corrected chi connectivity index (χ1v) is 9.83. The van der Waals surface area contributed by atoms with E-state index in [1.807, 2.05) is 22.9 Å². The average Bonchev–Trinajstić information content (AvgIpc) is 3.43. The number of nitrogens with one attached hydrogen (secondary N) is 1. The van der Waals surface area contributed by atoms with Gasteiger partial charge in [0.25, 0.3) is 0 Å². The normalized spacial score (nSPS) is 11.1. The van der Waals surface area contributed by atoms with E-state index in [1.165, 1.54) is 5.56 Å². The van der Waals surface area contributed by atoms with Crippen molar-refractivity contribution in [1.82, 2.24) is 35.4 Å². The van der Waals surface area contributed by atoms with E-state index in [9.17, 15) is 0 Å². The lowest BCUT2D eigenvalue weighted by atomic mass is 9.98. The van der Waals surface area contributed by atoms with E-state index in [2.05, 4.69) is 68.0 Å². The quantitative estimate of drug-likeness (QED) is 0.480. The number of hydrogen-bond donors (Lipinski definition) is 2. The van der Waals surface area contributed by atoms with E-state index in [0.717, 1.165) is 41.8 Å². The number of unbranched alkanes of at least 4 members (excludes halogenated alkanes) is 1. The van der Waals surface area contributed by atoms with Gasteiger partial charge < -0.3 is 5.73 Å². The monoisotopic (exact) mass is 388 g/mol. The number of benzene rings is 2. The summed E-state index contributed by atoms with van der Waals surface area (Å²) in [6.07, 6.45) is 3.13. The molecule has 0 spiro atoms. The number of tetrazole rings is 1. The van der Waals surface area contributed by atoms with Gasteiger partial charge in [-0.1, -0.05) is 61.9 Å². The van der Waals surface area contributed by atoms with Gasteiger partial charge >= 0.3 is 0 Å². The Bertz CT molecular complexity index is 1050. The van der Waals surface area contributed by atoms with Crippen LogP contribution in [0.2, 0.25) is 0 Å². The van der Waals surface area contributed by atoms with Crippen LogP contribution < -0.4 is 5.73 Å². The fourth-order valence-corrected chi connectivity index (χ4v) is 3.34. The molecule has 3 N–H and O–H groups in total. The van der Waals surface area contributed by atoms with Gasteiger partial charge in [0, 0.05) is 12.0 Å². The van der Waals surface area contributed by atoms with Crippen LogP contribution in [0.15, 0.2) is 48.5 Å². The number of aromatic amines is 1. The maximum atomic E-state index is 5.74. The Balaban J connectivity index is 1.58. The average molecular weight is 388 g/mol. The van der Waals surface area contributed by atoms with Gasteiger partial charge in [-0.3, -0.25) is 0 Å². The van der Waals surface area contributed by atoms with Crippen LogP contribution >= 0.6 is 0 Å². The topological polar surface area (TPSA) is 111 Å². The van der Waals surface area contributed by atoms with Gasteiger partial charge in [0.15, 0.2) is 11.6 Å². The number of nitrogens with zero attached hydrogens (tertiary/aromatic N) is 6. The zero-order chi connectivity index (χ0) is 20.1. The molecule has 8 heteroatoms. The van der Waals surface area contributed by atoms with Crippen LogP contribution in [0, 0.1) is 0 Å². The van der Waals surface area contributed by atoms with E-state index in [-0.39, 0.29) is 0 Å². The lowest BCUT2D eigenvalue weighted by Crippen LogP contribution is -2.07. The summed E-state index contributed by atoms with van der Waals surface area (Å²) in [6.45, 7) is 3.22. The van der Waals surface area contributed by atoms with Gasteiger partial charge in [-0.2, -0.15) is 5.10 Å². The molecular formula is C21H24N8. The summed E-state index contributed by atoms with van der Waals surface area (Å²) in [7, 11) is 0. The summed E-state index contributed by atoms with van der Waals surface area (Å²) >= 11 is 0. The second-order valence-corrected chi connectivity index (χ2v) is 6.90. The second kappa shape index (κ2) is 8.74. The van der Waals surface area contributed by atoms with E-state index in [4.69, 9.17) is 5.73 Å². The molecule has 0 fully saturated rings. The second-order valence-electron chi connectivity index (χ2n) is 6.90. The molecule has 0 radical (unpaired) electrons. The van der Waals surface area contributed by atoms with Crippen LogP contribution in [0.1, 0.15) is 37.0 Å². The van der Waals surface area contributed by atoms with Crippen molar-refractivity contribution in [3.8, 4) is 22.5 Å². The molecule has 0 atom stereocenters. The molecule has 0 bridgehead atoms. The summed E-state index contributed by atoms with van der Waals surface area (Å²) in [6, 6.07) is 16.6. The van der Waals surface area contributed by atoms with Gasteiger partial charge in [0.1, 0.15) is 5.82 Å². The molecule has 0 aliphatic carbocycles. The van der Waals surface area contributed by atoms with Crippen LogP contribution in [0.4, 0.5) is 0 Å². The molecule has 2 aromatic carbocycles. The first-order chi connectivity index (χ1) is 14.3. The fraction of sp³-hybridized carbons (Fsp3) is 0.286. The van der Waals surface area contributed by atoms with Gasteiger partial charge in [-0.15, -0.1) is 5.10 Å². The fourth-order valence-electron chi connectivity index (χ4n) is 3.34. The van der Waals surface area contributed by atoms with Crippen molar-refractivity contribution in [2.75, 3.05) is 0 Å². The molecule has 0 saturated heterocycles. The van der Waals surface area contributed by atoms with Gasteiger partial charge in [-0.05, 0) is 33.5 Å². The summed E-state index contributed by atoms with van der Waals surface area (Å²) in [5.74, 6) is 2.35. The molecule has 8 nitrogen and oxygen atoms in total. The Labute approximate surface area is 169 Å². The molecule has 0 saturated carbocycles. The molecule has 0 aliphatic rings. The summed E-state index contributed by atoms with van der Waals surface area (Å²) in [5, 5.41) is 18.8. The standard InChI is InChI=1S/C21H24N8/c1-2-3-8-20-23-19(13-22)26-29(20)14-15-9-11-16(12-10-15)17-6-4-5-7-18(17)21-24-27-28-25-21/h4-7,9-12H,2-3,8,13-14,22H2,1H3,(H,24,25,27,28). The first kappa shape index (κ1) is 18.9. The Kier molecular flexibility index (Phi) is 5.71. The number of hydrogen-bond acceptors (Lipinski definition) is 6. The van der Waals surface area contributed by atoms with E-state index in [0.29, 0.717) is 24.7 Å². The molecule has 148 valence electrons. The van der Waals surface area contributed by atoms with Crippen LogP contribution in [0.25, 0.3) is 22.5 Å². The van der Waals surface area contributed by atoms with Crippen molar-refractivity contribution in [3.63, 3.8) is 0 Å². The highest BCUT2D eigenvalue weighted by Crippen LogP contribution is 2.29. The zero-order valence-electron chi connectivity index (χ0n) is 16.4. The Hall–Kier alpha value is -3.39. The predicted molar refractivity (Wildman–Crippen MR) is 111 cm³/mol. The number of H-pyrrole nitrogens is 1. The molecule has 0 unspecified atom stereocenters. The molecule has 4 aromatic rings. The predicted octanol–water partition coefficient (Wildman–Crippen LogP) is 2.97. The van der Waals surface area contributed by atoms with E-state index < -0.39 is 0 Å². The van der Waals surface area contributed by atoms with Crippen molar-refractivity contribution in [3.05, 3.63) is 65.7 Å². The van der Waals surface area contributed by atoms with Crippen LogP contribution in [-0.4, -0.2) is 35.4 Å². The molecule has 2 heterocycles. The number of rotatable bonds is 8. The molecule has 2 aromatic heterocycles. The molecular weight excluding hydrogens is 364 g/mol. The zero-order valence-corrected chi connectivity index (χ0v) is 16.4. The van der Waals surface area contributed by atoms with Gasteiger partial charge in [-0.25, -0.2) is 14.8 Å². The van der Waals surface area contributed by atoms with Crippen molar-refractivity contribution in [2.45, 2.75) is 39.3 Å². The van der Waals surface area contributed by atoms with E-state index >= 15 is 0 Å². The molecule has 0 aliphatic heterocycles. The highest BCUT2D eigenvalue weighted by molar-refractivity contribution is 5.80. The maximum absolute atomic E-state index is 5.74. The minimum absolute atomic E-state index is 0.359. The van der Waals surface area contributed by atoms with Crippen molar-refractivity contribution in [2.24, 2.45) is 5.73 Å². The van der Waals surface area contributed by atoms with Crippen LogP contribution in [-0.2, 0) is 19.5 Å². The lowest BCUT2D eigenvalue weighted by Gasteiger charge is -2.09.